The fraction of sp³-hybridized carbons (Fsp3) is 0.167. The van der Waals surface area contributed by atoms with Crippen LogP contribution in [-0.2, 0) is 6.42 Å². The molecule has 2 nitrogen and oxygen atoms in total. The number of halogens is 1. The maximum Gasteiger partial charge on any atom is 0.139 e. The molecule has 0 fully saturated rings. The van der Waals surface area contributed by atoms with Crippen molar-refractivity contribution >= 4 is 12.2 Å². The molecule has 2 rings (SSSR count). The molecule has 0 saturated heterocycles. The second-order valence-electron chi connectivity index (χ2n) is 3.45. The molecule has 1 heterocycles. The zero-order valence-corrected chi connectivity index (χ0v) is 9.64. The second-order valence-corrected chi connectivity index (χ2v) is 3.87. The van der Waals surface area contributed by atoms with Gasteiger partial charge in [-0.3, -0.25) is 0 Å². The highest BCUT2D eigenvalue weighted by Gasteiger charge is 2.01. The summed E-state index contributed by atoms with van der Waals surface area (Å²) in [7, 11) is 0. The van der Waals surface area contributed by atoms with Gasteiger partial charge in [0.2, 0.25) is 0 Å². The van der Waals surface area contributed by atoms with Gasteiger partial charge in [-0.15, -0.1) is 0 Å². The lowest BCUT2D eigenvalue weighted by atomic mass is 10.2. The summed E-state index contributed by atoms with van der Waals surface area (Å²) in [5.74, 6) is 0.429. The smallest absolute Gasteiger partial charge is 0.139 e. The molecule has 82 valence electrons. The number of H-pyrrole nitrogens is 1. The zero-order valence-electron chi connectivity index (χ0n) is 8.83. The van der Waals surface area contributed by atoms with Gasteiger partial charge in [0.1, 0.15) is 16.3 Å². The van der Waals surface area contributed by atoms with Gasteiger partial charge in [-0.05, 0) is 36.8 Å². The molecular weight excluding hydrogens is 223 g/mol. The molecular formula is C12H11FN2S. The number of aromatic amines is 1. The van der Waals surface area contributed by atoms with E-state index >= 15 is 0 Å². The quantitative estimate of drug-likeness (QED) is 0.805. The summed E-state index contributed by atoms with van der Waals surface area (Å²) in [6.45, 7) is 2.04. The molecule has 0 saturated carbocycles. The minimum atomic E-state index is -0.256. The van der Waals surface area contributed by atoms with Crippen LogP contribution in [0.4, 0.5) is 4.39 Å². The summed E-state index contributed by atoms with van der Waals surface area (Å²) in [6.07, 6.45) is 0.861. The van der Waals surface area contributed by atoms with Crippen molar-refractivity contribution in [2.24, 2.45) is 0 Å². The van der Waals surface area contributed by atoms with Crippen molar-refractivity contribution in [2.45, 2.75) is 13.3 Å². The highest BCUT2D eigenvalue weighted by atomic mass is 32.1. The van der Waals surface area contributed by atoms with Gasteiger partial charge in [0.25, 0.3) is 0 Å². The van der Waals surface area contributed by atoms with Crippen molar-refractivity contribution in [3.63, 3.8) is 0 Å². The van der Waals surface area contributed by atoms with Crippen molar-refractivity contribution < 1.29 is 4.39 Å². The molecule has 0 radical (unpaired) electrons. The second kappa shape index (κ2) is 4.53. The first-order valence-electron chi connectivity index (χ1n) is 5.05. The minimum Gasteiger partial charge on any atom is -0.343 e. The Morgan fingerprint density at radius 2 is 2.00 bits per heavy atom. The summed E-state index contributed by atoms with van der Waals surface area (Å²) in [4.78, 5) is 7.39. The monoisotopic (exact) mass is 234 g/mol. The Hall–Kier alpha value is -1.55. The average Bonchev–Trinajstić information content (AvgIpc) is 2.29. The first kappa shape index (κ1) is 11.0. The third-order valence-electron chi connectivity index (χ3n) is 2.30. The maximum atomic E-state index is 12.8. The summed E-state index contributed by atoms with van der Waals surface area (Å²) < 4.78 is 13.3. The predicted octanol–water partition coefficient (Wildman–Crippen LogP) is 3.51. The van der Waals surface area contributed by atoms with Crippen LogP contribution in [0.5, 0.6) is 0 Å². The lowest BCUT2D eigenvalue weighted by Crippen LogP contribution is -1.94. The highest BCUT2D eigenvalue weighted by Crippen LogP contribution is 2.15. The fourth-order valence-electron chi connectivity index (χ4n) is 1.44. The predicted molar refractivity (Wildman–Crippen MR) is 64.2 cm³/mol. The normalized spacial score (nSPS) is 10.4. The van der Waals surface area contributed by atoms with Crippen molar-refractivity contribution in [3.05, 3.63) is 46.5 Å². The molecule has 0 atom stereocenters. The number of nitrogens with zero attached hydrogens (tertiary/aromatic N) is 1. The van der Waals surface area contributed by atoms with Crippen LogP contribution in [0.1, 0.15) is 12.6 Å². The van der Waals surface area contributed by atoms with Crippen LogP contribution in [0.2, 0.25) is 0 Å². The van der Waals surface area contributed by atoms with Crippen LogP contribution in [0, 0.1) is 10.5 Å². The number of aromatic nitrogens is 2. The van der Waals surface area contributed by atoms with Crippen molar-refractivity contribution in [2.75, 3.05) is 0 Å². The molecule has 0 aliphatic carbocycles. The van der Waals surface area contributed by atoms with Gasteiger partial charge < -0.3 is 4.98 Å². The van der Waals surface area contributed by atoms with Crippen molar-refractivity contribution in [3.8, 4) is 11.4 Å². The van der Waals surface area contributed by atoms with Crippen LogP contribution in [0.15, 0.2) is 30.3 Å². The highest BCUT2D eigenvalue weighted by molar-refractivity contribution is 7.71. The largest absolute Gasteiger partial charge is 0.343 e. The Morgan fingerprint density at radius 1 is 1.31 bits per heavy atom. The average molecular weight is 234 g/mol. The molecule has 0 spiro atoms. The summed E-state index contributed by atoms with van der Waals surface area (Å²) in [5.41, 5.74) is 1.86. The topological polar surface area (TPSA) is 28.7 Å². The van der Waals surface area contributed by atoms with Gasteiger partial charge in [0.15, 0.2) is 0 Å². The zero-order chi connectivity index (χ0) is 11.5. The van der Waals surface area contributed by atoms with E-state index in [0.717, 1.165) is 17.7 Å². The summed E-state index contributed by atoms with van der Waals surface area (Å²) in [5, 5.41) is 0. The minimum absolute atomic E-state index is 0.256. The molecule has 0 aliphatic rings. The molecule has 1 aromatic carbocycles. The number of nitrogens with one attached hydrogen (secondary N) is 1. The van der Waals surface area contributed by atoms with Gasteiger partial charge in [-0.1, -0.05) is 19.1 Å². The SMILES string of the molecule is CCc1cc(=S)nc(-c2ccc(F)cc2)[nH]1. The first-order valence-corrected chi connectivity index (χ1v) is 5.46. The molecule has 0 aliphatic heterocycles. The summed E-state index contributed by atoms with van der Waals surface area (Å²) in [6, 6.07) is 8.02. The van der Waals surface area contributed by atoms with E-state index in [1.807, 2.05) is 13.0 Å². The number of rotatable bonds is 2. The van der Waals surface area contributed by atoms with Crippen molar-refractivity contribution in [1.82, 2.24) is 9.97 Å². The van der Waals surface area contributed by atoms with E-state index in [9.17, 15) is 4.39 Å². The first-order chi connectivity index (χ1) is 7.69. The molecule has 0 unspecified atom stereocenters. The van der Waals surface area contributed by atoms with Gasteiger partial charge in [-0.25, -0.2) is 9.37 Å². The van der Waals surface area contributed by atoms with E-state index in [2.05, 4.69) is 9.97 Å². The molecule has 0 bridgehead atoms. The van der Waals surface area contributed by atoms with Crippen LogP contribution in [0.3, 0.4) is 0 Å². The third-order valence-corrected chi connectivity index (χ3v) is 2.51. The molecule has 1 N–H and O–H groups in total. The van der Waals surface area contributed by atoms with E-state index in [0.29, 0.717) is 10.5 Å². The molecule has 1 aromatic heterocycles. The Bertz CT molecular complexity index is 546. The van der Waals surface area contributed by atoms with Gasteiger partial charge >= 0.3 is 0 Å². The van der Waals surface area contributed by atoms with Crippen LogP contribution < -0.4 is 0 Å². The number of hydrogen-bond acceptors (Lipinski definition) is 2. The number of benzene rings is 1. The fourth-order valence-corrected chi connectivity index (χ4v) is 1.68. The lowest BCUT2D eigenvalue weighted by molar-refractivity contribution is 0.628. The Labute approximate surface area is 98.2 Å². The Kier molecular flexibility index (Phi) is 3.10. The van der Waals surface area contributed by atoms with E-state index in [-0.39, 0.29) is 5.82 Å². The molecule has 0 amide bonds. The van der Waals surface area contributed by atoms with Gasteiger partial charge in [-0.2, -0.15) is 0 Å². The van der Waals surface area contributed by atoms with Gasteiger partial charge in [0, 0.05) is 11.3 Å². The van der Waals surface area contributed by atoms with E-state index in [1.54, 1.807) is 12.1 Å². The number of aryl methyl sites for hydroxylation is 1. The van der Waals surface area contributed by atoms with E-state index in [1.165, 1.54) is 12.1 Å². The van der Waals surface area contributed by atoms with E-state index < -0.39 is 0 Å². The maximum absolute atomic E-state index is 12.8. The number of hydrogen-bond donors (Lipinski definition) is 1. The standard InChI is InChI=1S/C12H11FN2S/c1-2-10-7-11(16)15-12(14-10)8-3-5-9(13)6-4-8/h3-7H,2H2,1H3,(H,14,15,16). The molecule has 4 heteroatoms. The lowest BCUT2D eigenvalue weighted by Gasteiger charge is -2.04. The van der Waals surface area contributed by atoms with Crippen LogP contribution in [-0.4, -0.2) is 9.97 Å². The molecule has 2 aromatic rings. The summed E-state index contributed by atoms with van der Waals surface area (Å²) >= 11 is 5.07. The Balaban J connectivity index is 2.51. The van der Waals surface area contributed by atoms with Crippen molar-refractivity contribution in [1.29, 1.82) is 0 Å². The van der Waals surface area contributed by atoms with Gasteiger partial charge in [0.05, 0.1) is 0 Å². The van der Waals surface area contributed by atoms with Crippen LogP contribution >= 0.6 is 12.2 Å². The van der Waals surface area contributed by atoms with Crippen LogP contribution in [0.25, 0.3) is 11.4 Å². The third kappa shape index (κ3) is 2.33. The molecule has 16 heavy (non-hydrogen) atoms. The Morgan fingerprint density at radius 3 is 2.62 bits per heavy atom. The van der Waals surface area contributed by atoms with E-state index in [4.69, 9.17) is 12.2 Å².